The number of rotatable bonds is 9. The lowest BCUT2D eigenvalue weighted by atomic mass is 10.1. The van der Waals surface area contributed by atoms with Crippen LogP contribution in [0.5, 0.6) is 11.5 Å². The lowest BCUT2D eigenvalue weighted by molar-refractivity contribution is -0.117. The van der Waals surface area contributed by atoms with Crippen molar-refractivity contribution in [1.29, 1.82) is 5.26 Å². The summed E-state index contributed by atoms with van der Waals surface area (Å²) in [6.07, 6.45) is 1.51. The van der Waals surface area contributed by atoms with Crippen LogP contribution in [0, 0.1) is 11.3 Å². The number of nitriles is 1. The number of nitrogens with one attached hydrogen (secondary N) is 1. The van der Waals surface area contributed by atoms with E-state index in [0.717, 1.165) is 11.1 Å². The standard InChI is InChI=1S/C27H23BrCl2N2O3/c1-3-34-25-12-20(11-21(15-31)27(33)32-17(2)18-7-5-4-6-8-18)23(28)14-26(25)35-16-19-9-10-22(29)13-24(19)30/h4-14,17H,3,16H2,1-2H3,(H,32,33)/b21-11-/t17-/m0/s1. The third kappa shape index (κ3) is 7.25. The van der Waals surface area contributed by atoms with Gasteiger partial charge in [0.2, 0.25) is 0 Å². The SMILES string of the molecule is CCOc1cc(/C=C(/C#N)C(=O)N[C@@H](C)c2ccccc2)c(Br)cc1OCc1ccc(Cl)cc1Cl. The quantitative estimate of drug-likeness (QED) is 0.212. The lowest BCUT2D eigenvalue weighted by Gasteiger charge is -2.15. The van der Waals surface area contributed by atoms with Gasteiger partial charge in [0.15, 0.2) is 11.5 Å². The van der Waals surface area contributed by atoms with Gasteiger partial charge in [0.1, 0.15) is 18.2 Å². The summed E-state index contributed by atoms with van der Waals surface area (Å²) in [5.41, 5.74) is 2.29. The monoisotopic (exact) mass is 572 g/mol. The third-order valence-corrected chi connectivity index (χ3v) is 6.35. The molecule has 3 rings (SSSR count). The molecule has 1 N–H and O–H groups in total. The molecule has 3 aromatic carbocycles. The van der Waals surface area contributed by atoms with Crippen LogP contribution in [0.4, 0.5) is 0 Å². The first-order valence-corrected chi connectivity index (χ1v) is 12.4. The molecule has 8 heteroatoms. The van der Waals surface area contributed by atoms with Gasteiger partial charge in [0.05, 0.1) is 12.6 Å². The Bertz CT molecular complexity index is 1270. The first kappa shape index (κ1) is 26.6. The van der Waals surface area contributed by atoms with Gasteiger partial charge >= 0.3 is 0 Å². The minimum atomic E-state index is -0.466. The van der Waals surface area contributed by atoms with Gasteiger partial charge in [-0.2, -0.15) is 5.26 Å². The van der Waals surface area contributed by atoms with E-state index in [-0.39, 0.29) is 18.2 Å². The third-order valence-electron chi connectivity index (χ3n) is 5.07. The molecule has 0 aromatic heterocycles. The van der Waals surface area contributed by atoms with Crippen LogP contribution < -0.4 is 14.8 Å². The van der Waals surface area contributed by atoms with Crippen molar-refractivity contribution in [3.8, 4) is 17.6 Å². The average molecular weight is 574 g/mol. The van der Waals surface area contributed by atoms with E-state index in [1.165, 1.54) is 6.08 Å². The Hall–Kier alpha value is -2.98. The van der Waals surface area contributed by atoms with E-state index in [1.807, 2.05) is 50.2 Å². The number of amides is 1. The molecule has 0 aliphatic rings. The zero-order valence-corrected chi connectivity index (χ0v) is 22.2. The molecule has 0 heterocycles. The van der Waals surface area contributed by atoms with Crippen molar-refractivity contribution in [2.45, 2.75) is 26.5 Å². The maximum atomic E-state index is 12.8. The molecule has 0 bridgehead atoms. The maximum Gasteiger partial charge on any atom is 0.262 e. The first-order valence-electron chi connectivity index (χ1n) is 10.8. The lowest BCUT2D eigenvalue weighted by Crippen LogP contribution is -2.27. The number of ether oxygens (including phenoxy) is 2. The summed E-state index contributed by atoms with van der Waals surface area (Å²) in [4.78, 5) is 12.8. The van der Waals surface area contributed by atoms with Crippen LogP contribution in [-0.2, 0) is 11.4 Å². The van der Waals surface area contributed by atoms with E-state index in [9.17, 15) is 10.1 Å². The molecular formula is C27H23BrCl2N2O3. The summed E-state index contributed by atoms with van der Waals surface area (Å²) >= 11 is 15.7. The predicted molar refractivity (Wildman–Crippen MR) is 143 cm³/mol. The van der Waals surface area contributed by atoms with Crippen molar-refractivity contribution >= 4 is 51.1 Å². The molecule has 5 nitrogen and oxygen atoms in total. The number of carbonyl (C=O) groups is 1. The largest absolute Gasteiger partial charge is 0.490 e. The van der Waals surface area contributed by atoms with E-state index in [4.69, 9.17) is 32.7 Å². The van der Waals surface area contributed by atoms with Gasteiger partial charge in [-0.05, 0) is 55.3 Å². The molecule has 1 atom stereocenters. The van der Waals surface area contributed by atoms with Crippen LogP contribution in [0.25, 0.3) is 6.08 Å². The Balaban J connectivity index is 1.83. The normalized spacial score (nSPS) is 11.9. The Morgan fingerprint density at radius 3 is 2.49 bits per heavy atom. The van der Waals surface area contributed by atoms with Gasteiger partial charge in [-0.25, -0.2) is 0 Å². The van der Waals surface area contributed by atoms with Crippen LogP contribution >= 0.6 is 39.1 Å². The van der Waals surface area contributed by atoms with Crippen molar-refractivity contribution in [2.24, 2.45) is 0 Å². The van der Waals surface area contributed by atoms with Gasteiger partial charge in [0.25, 0.3) is 5.91 Å². The van der Waals surface area contributed by atoms with Crippen LogP contribution in [0.3, 0.4) is 0 Å². The number of carbonyl (C=O) groups excluding carboxylic acids is 1. The Morgan fingerprint density at radius 2 is 1.83 bits per heavy atom. The predicted octanol–water partition coefficient (Wildman–Crippen LogP) is 7.52. The minimum Gasteiger partial charge on any atom is -0.490 e. The maximum absolute atomic E-state index is 12.8. The second kappa shape index (κ2) is 12.6. The van der Waals surface area contributed by atoms with Crippen LogP contribution in [0.15, 0.2) is 70.7 Å². The molecule has 0 saturated carbocycles. The molecule has 1 amide bonds. The molecule has 3 aromatic rings. The topological polar surface area (TPSA) is 71.3 Å². The molecule has 0 radical (unpaired) electrons. The summed E-state index contributed by atoms with van der Waals surface area (Å²) in [7, 11) is 0. The summed E-state index contributed by atoms with van der Waals surface area (Å²) in [5.74, 6) is 0.497. The van der Waals surface area contributed by atoms with E-state index in [1.54, 1.807) is 30.3 Å². The van der Waals surface area contributed by atoms with Crippen LogP contribution in [0.1, 0.15) is 36.6 Å². The molecule has 0 aliphatic heterocycles. The molecule has 0 aliphatic carbocycles. The Morgan fingerprint density at radius 1 is 1.11 bits per heavy atom. The molecule has 180 valence electrons. The van der Waals surface area contributed by atoms with E-state index < -0.39 is 5.91 Å². The zero-order chi connectivity index (χ0) is 25.4. The summed E-state index contributed by atoms with van der Waals surface area (Å²) in [6, 6.07) is 19.9. The highest BCUT2D eigenvalue weighted by Crippen LogP contribution is 2.36. The highest BCUT2D eigenvalue weighted by Gasteiger charge is 2.16. The molecule has 0 saturated heterocycles. The smallest absolute Gasteiger partial charge is 0.262 e. The van der Waals surface area contributed by atoms with Crippen molar-refractivity contribution in [3.63, 3.8) is 0 Å². The number of benzene rings is 3. The number of hydrogen-bond donors (Lipinski definition) is 1. The van der Waals surface area contributed by atoms with E-state index in [2.05, 4.69) is 21.2 Å². The number of nitrogens with zero attached hydrogens (tertiary/aromatic N) is 1. The van der Waals surface area contributed by atoms with Crippen molar-refractivity contribution in [2.75, 3.05) is 6.61 Å². The number of halogens is 3. The fraction of sp³-hybridized carbons (Fsp3) is 0.185. The number of hydrogen-bond acceptors (Lipinski definition) is 4. The van der Waals surface area contributed by atoms with Gasteiger partial charge in [-0.1, -0.05) is 75.5 Å². The molecule has 0 unspecified atom stereocenters. The van der Waals surface area contributed by atoms with Gasteiger partial charge in [-0.3, -0.25) is 4.79 Å². The molecular weight excluding hydrogens is 551 g/mol. The first-order chi connectivity index (χ1) is 16.8. The highest BCUT2D eigenvalue weighted by atomic mass is 79.9. The van der Waals surface area contributed by atoms with Gasteiger partial charge < -0.3 is 14.8 Å². The van der Waals surface area contributed by atoms with Crippen molar-refractivity contribution in [1.82, 2.24) is 5.32 Å². The fourth-order valence-electron chi connectivity index (χ4n) is 3.24. The highest BCUT2D eigenvalue weighted by molar-refractivity contribution is 9.10. The zero-order valence-electron chi connectivity index (χ0n) is 19.1. The fourth-order valence-corrected chi connectivity index (χ4v) is 4.14. The second-order valence-corrected chi connectivity index (χ2v) is 9.25. The van der Waals surface area contributed by atoms with Gasteiger partial charge in [0, 0.05) is 20.1 Å². The molecule has 0 spiro atoms. The molecule has 35 heavy (non-hydrogen) atoms. The molecule has 0 fully saturated rings. The van der Waals surface area contributed by atoms with E-state index >= 15 is 0 Å². The summed E-state index contributed by atoms with van der Waals surface area (Å²) in [5, 5.41) is 13.6. The summed E-state index contributed by atoms with van der Waals surface area (Å²) < 4.78 is 12.4. The van der Waals surface area contributed by atoms with Crippen LogP contribution in [-0.4, -0.2) is 12.5 Å². The second-order valence-electron chi connectivity index (χ2n) is 7.55. The van der Waals surface area contributed by atoms with Crippen molar-refractivity contribution < 1.29 is 14.3 Å². The summed E-state index contributed by atoms with van der Waals surface area (Å²) in [6.45, 7) is 4.34. The van der Waals surface area contributed by atoms with Crippen molar-refractivity contribution in [3.05, 3.63) is 97.4 Å². The van der Waals surface area contributed by atoms with E-state index in [0.29, 0.717) is 38.2 Å². The average Bonchev–Trinajstić information content (AvgIpc) is 2.84. The minimum absolute atomic E-state index is 0.0301. The van der Waals surface area contributed by atoms with Gasteiger partial charge in [-0.15, -0.1) is 0 Å². The Kier molecular flexibility index (Phi) is 9.62. The Labute approximate surface area is 223 Å². The van der Waals surface area contributed by atoms with Crippen LogP contribution in [0.2, 0.25) is 10.0 Å².